The van der Waals surface area contributed by atoms with Crippen LogP contribution in [0, 0.1) is 0 Å². The number of rotatable bonds is 4. The fourth-order valence-electron chi connectivity index (χ4n) is 2.08. The van der Waals surface area contributed by atoms with E-state index >= 15 is 0 Å². The van der Waals surface area contributed by atoms with E-state index in [-0.39, 0.29) is 5.91 Å². The molecular formula is C13H18N2OS. The summed E-state index contributed by atoms with van der Waals surface area (Å²) in [5, 5.41) is 3.53. The molecule has 17 heavy (non-hydrogen) atoms. The van der Waals surface area contributed by atoms with E-state index in [2.05, 4.69) is 5.32 Å². The third-order valence-corrected chi connectivity index (χ3v) is 4.12. The van der Waals surface area contributed by atoms with Crippen molar-refractivity contribution in [3.63, 3.8) is 0 Å². The van der Waals surface area contributed by atoms with Gasteiger partial charge in [-0.05, 0) is 30.2 Å². The van der Waals surface area contributed by atoms with E-state index in [1.807, 2.05) is 36.0 Å². The van der Waals surface area contributed by atoms with Crippen molar-refractivity contribution in [1.82, 2.24) is 0 Å². The normalized spacial score (nSPS) is 19.9. The van der Waals surface area contributed by atoms with Crippen LogP contribution < -0.4 is 11.1 Å². The summed E-state index contributed by atoms with van der Waals surface area (Å²) in [6.45, 7) is 0. The molecule has 0 radical (unpaired) electrons. The molecule has 1 aromatic carbocycles. The second-order valence-corrected chi connectivity index (χ2v) is 5.51. The van der Waals surface area contributed by atoms with Gasteiger partial charge >= 0.3 is 0 Å². The molecule has 3 N–H and O–H groups in total. The molecule has 1 saturated heterocycles. The van der Waals surface area contributed by atoms with Crippen LogP contribution in [0.1, 0.15) is 18.4 Å². The summed E-state index contributed by atoms with van der Waals surface area (Å²) in [5.74, 6) is 2.13. The SMILES string of the molecule is NC(=O)Cc1ccccc1NC1CCCSC1. The van der Waals surface area contributed by atoms with E-state index in [1.54, 1.807) is 0 Å². The number of hydrogen-bond donors (Lipinski definition) is 2. The van der Waals surface area contributed by atoms with Gasteiger partial charge in [0.2, 0.25) is 5.91 Å². The minimum atomic E-state index is -0.280. The molecule has 3 nitrogen and oxygen atoms in total. The average Bonchev–Trinajstić information content (AvgIpc) is 2.32. The first-order valence-corrected chi connectivity index (χ1v) is 7.11. The largest absolute Gasteiger partial charge is 0.381 e. The Labute approximate surface area is 106 Å². The number of amides is 1. The Morgan fingerprint density at radius 3 is 3.00 bits per heavy atom. The summed E-state index contributed by atoms with van der Waals surface area (Å²) in [6, 6.07) is 8.44. The number of nitrogens with one attached hydrogen (secondary N) is 1. The smallest absolute Gasteiger partial charge is 0.221 e. The quantitative estimate of drug-likeness (QED) is 0.859. The Morgan fingerprint density at radius 2 is 2.29 bits per heavy atom. The number of anilines is 1. The molecule has 92 valence electrons. The van der Waals surface area contributed by atoms with Crippen molar-refractivity contribution in [1.29, 1.82) is 0 Å². The van der Waals surface area contributed by atoms with Gasteiger partial charge in [0.15, 0.2) is 0 Å². The number of carbonyl (C=O) groups is 1. The van der Waals surface area contributed by atoms with Crippen LogP contribution in [0.15, 0.2) is 24.3 Å². The average molecular weight is 250 g/mol. The molecule has 4 heteroatoms. The molecule has 1 aliphatic rings. The molecule has 0 aromatic heterocycles. The van der Waals surface area contributed by atoms with E-state index in [4.69, 9.17) is 5.73 Å². The van der Waals surface area contributed by atoms with Gasteiger partial charge in [-0.1, -0.05) is 18.2 Å². The third kappa shape index (κ3) is 3.66. The maximum atomic E-state index is 11.0. The van der Waals surface area contributed by atoms with Crippen LogP contribution in [0.25, 0.3) is 0 Å². The lowest BCUT2D eigenvalue weighted by Crippen LogP contribution is -2.26. The maximum Gasteiger partial charge on any atom is 0.221 e. The van der Waals surface area contributed by atoms with E-state index in [1.165, 1.54) is 18.6 Å². The Kier molecular flexibility index (Phi) is 4.31. The number of benzene rings is 1. The molecule has 0 aliphatic carbocycles. The van der Waals surface area contributed by atoms with Gasteiger partial charge < -0.3 is 11.1 Å². The molecule has 0 bridgehead atoms. The number of primary amides is 1. The molecule has 1 aliphatic heterocycles. The molecule has 1 heterocycles. The highest BCUT2D eigenvalue weighted by atomic mass is 32.2. The molecule has 1 fully saturated rings. The molecule has 1 aromatic rings. The van der Waals surface area contributed by atoms with Gasteiger partial charge in [0.1, 0.15) is 0 Å². The monoisotopic (exact) mass is 250 g/mol. The Morgan fingerprint density at radius 1 is 1.47 bits per heavy atom. The second kappa shape index (κ2) is 5.96. The summed E-state index contributed by atoms with van der Waals surface area (Å²) in [5.41, 5.74) is 7.31. The fourth-order valence-corrected chi connectivity index (χ4v) is 3.15. The summed E-state index contributed by atoms with van der Waals surface area (Å²) in [7, 11) is 0. The van der Waals surface area contributed by atoms with Gasteiger partial charge in [0, 0.05) is 17.5 Å². The minimum absolute atomic E-state index is 0.280. The van der Waals surface area contributed by atoms with Gasteiger partial charge in [-0.3, -0.25) is 4.79 Å². The summed E-state index contributed by atoms with van der Waals surface area (Å²) >= 11 is 1.99. The maximum absolute atomic E-state index is 11.0. The van der Waals surface area contributed by atoms with Crippen LogP contribution in [0.4, 0.5) is 5.69 Å². The number of para-hydroxylation sites is 1. The highest BCUT2D eigenvalue weighted by Crippen LogP contribution is 2.23. The van der Waals surface area contributed by atoms with Crippen molar-refractivity contribution in [3.8, 4) is 0 Å². The molecule has 2 rings (SSSR count). The van der Waals surface area contributed by atoms with Crippen LogP contribution in [-0.4, -0.2) is 23.5 Å². The minimum Gasteiger partial charge on any atom is -0.381 e. The first-order valence-electron chi connectivity index (χ1n) is 5.96. The van der Waals surface area contributed by atoms with Crippen LogP contribution in [0.5, 0.6) is 0 Å². The standard InChI is InChI=1S/C13H18N2OS/c14-13(16)8-10-4-1-2-6-12(10)15-11-5-3-7-17-9-11/h1-2,4,6,11,15H,3,5,7-9H2,(H2,14,16). The summed E-state index contributed by atoms with van der Waals surface area (Å²) in [6.07, 6.45) is 2.78. The van der Waals surface area contributed by atoms with Gasteiger partial charge in [-0.2, -0.15) is 11.8 Å². The van der Waals surface area contributed by atoms with Crippen molar-refractivity contribution in [2.24, 2.45) is 5.73 Å². The Hall–Kier alpha value is -1.16. The van der Waals surface area contributed by atoms with Gasteiger partial charge in [0.25, 0.3) is 0 Å². The van der Waals surface area contributed by atoms with E-state index < -0.39 is 0 Å². The first kappa shape index (κ1) is 12.3. The van der Waals surface area contributed by atoms with Gasteiger partial charge in [-0.25, -0.2) is 0 Å². The van der Waals surface area contributed by atoms with Crippen molar-refractivity contribution in [3.05, 3.63) is 29.8 Å². The second-order valence-electron chi connectivity index (χ2n) is 4.36. The number of hydrogen-bond acceptors (Lipinski definition) is 3. The molecule has 0 saturated carbocycles. The molecule has 1 atom stereocenters. The Bertz CT molecular complexity index is 389. The lowest BCUT2D eigenvalue weighted by atomic mass is 10.1. The number of thioether (sulfide) groups is 1. The third-order valence-electron chi connectivity index (χ3n) is 2.90. The summed E-state index contributed by atoms with van der Waals surface area (Å²) < 4.78 is 0. The fraction of sp³-hybridized carbons (Fsp3) is 0.462. The lowest BCUT2D eigenvalue weighted by Gasteiger charge is -2.24. The predicted octanol–water partition coefficient (Wildman–Crippen LogP) is 2.02. The molecular weight excluding hydrogens is 232 g/mol. The zero-order valence-electron chi connectivity index (χ0n) is 9.82. The lowest BCUT2D eigenvalue weighted by molar-refractivity contribution is -0.117. The van der Waals surface area contributed by atoms with Crippen molar-refractivity contribution in [2.75, 3.05) is 16.8 Å². The number of nitrogens with two attached hydrogens (primary N) is 1. The van der Waals surface area contributed by atoms with E-state index in [0.717, 1.165) is 17.0 Å². The van der Waals surface area contributed by atoms with Crippen molar-refractivity contribution in [2.45, 2.75) is 25.3 Å². The van der Waals surface area contributed by atoms with Crippen molar-refractivity contribution >= 4 is 23.4 Å². The number of carbonyl (C=O) groups excluding carboxylic acids is 1. The predicted molar refractivity (Wildman–Crippen MR) is 73.3 cm³/mol. The Balaban J connectivity index is 2.05. The van der Waals surface area contributed by atoms with Gasteiger partial charge in [0.05, 0.1) is 6.42 Å². The van der Waals surface area contributed by atoms with E-state index in [9.17, 15) is 4.79 Å². The highest BCUT2D eigenvalue weighted by molar-refractivity contribution is 7.99. The van der Waals surface area contributed by atoms with Crippen LogP contribution in [0.3, 0.4) is 0 Å². The van der Waals surface area contributed by atoms with Crippen LogP contribution >= 0.6 is 11.8 Å². The van der Waals surface area contributed by atoms with Crippen molar-refractivity contribution < 1.29 is 4.79 Å². The van der Waals surface area contributed by atoms with Crippen LogP contribution in [-0.2, 0) is 11.2 Å². The topological polar surface area (TPSA) is 55.1 Å². The van der Waals surface area contributed by atoms with Gasteiger partial charge in [-0.15, -0.1) is 0 Å². The molecule has 0 spiro atoms. The zero-order valence-corrected chi connectivity index (χ0v) is 10.6. The molecule has 1 amide bonds. The molecule has 1 unspecified atom stereocenters. The highest BCUT2D eigenvalue weighted by Gasteiger charge is 2.14. The van der Waals surface area contributed by atoms with Crippen LogP contribution in [0.2, 0.25) is 0 Å². The van der Waals surface area contributed by atoms with E-state index in [0.29, 0.717) is 12.5 Å². The summed E-state index contributed by atoms with van der Waals surface area (Å²) in [4.78, 5) is 11.0. The zero-order chi connectivity index (χ0) is 12.1. The first-order chi connectivity index (χ1) is 8.25.